The Bertz CT molecular complexity index is 1550. The van der Waals surface area contributed by atoms with Gasteiger partial charge in [-0.2, -0.15) is 0 Å². The van der Waals surface area contributed by atoms with Gasteiger partial charge in [-0.15, -0.1) is 0 Å². The van der Waals surface area contributed by atoms with E-state index in [4.69, 9.17) is 9.47 Å². The van der Waals surface area contributed by atoms with Gasteiger partial charge in [-0.3, -0.25) is 19.3 Å². The number of likely N-dealkylation sites (tertiary alicyclic amines) is 1. The molecule has 3 aliphatic rings. The van der Waals surface area contributed by atoms with E-state index >= 15 is 0 Å². The summed E-state index contributed by atoms with van der Waals surface area (Å²) in [6, 6.07) is 2.99. The Morgan fingerprint density at radius 2 is 1.34 bits per heavy atom. The van der Waals surface area contributed by atoms with Gasteiger partial charge >= 0.3 is 12.2 Å². The number of rotatable bonds is 8. The summed E-state index contributed by atoms with van der Waals surface area (Å²) in [5.74, 6) is -1.24. The summed E-state index contributed by atoms with van der Waals surface area (Å²) in [7, 11) is 0. The van der Waals surface area contributed by atoms with E-state index in [0.29, 0.717) is 31.5 Å². The minimum Gasteiger partial charge on any atom is -0.444 e. The van der Waals surface area contributed by atoms with Gasteiger partial charge in [0.05, 0.1) is 18.0 Å². The first-order chi connectivity index (χ1) is 25.9. The Morgan fingerprint density at radius 1 is 0.804 bits per heavy atom. The monoisotopic (exact) mass is 786 g/mol. The van der Waals surface area contributed by atoms with Gasteiger partial charge in [-0.05, 0) is 118 Å². The van der Waals surface area contributed by atoms with E-state index in [1.54, 1.807) is 58.6 Å². The third-order valence-electron chi connectivity index (χ3n) is 11.1. The second-order valence-electron chi connectivity index (χ2n) is 19.5. The number of nitrogens with one attached hydrogen (secondary N) is 2. The lowest BCUT2D eigenvalue weighted by Crippen LogP contribution is -2.68. The number of piperazine rings is 1. The van der Waals surface area contributed by atoms with Gasteiger partial charge in [-0.25, -0.2) is 14.0 Å². The molecule has 314 valence electrons. The Balaban J connectivity index is 1.65. The molecule has 2 saturated heterocycles. The first-order valence-corrected chi connectivity index (χ1v) is 20.5. The van der Waals surface area contributed by atoms with Crippen molar-refractivity contribution in [2.75, 3.05) is 26.2 Å². The SMILES string of the molecule is CC(C)C1CN(C(=O)OC(C)(C)C)[C@@H](C(=O)N[C@H](Cc2ccc(F)cc2)C(=O)N2CCC(C(=O)NC(C)(C)C)(C3CCCCC3)CC2)CN1C(=O)OC(C)(C)C. The van der Waals surface area contributed by atoms with Crippen LogP contribution in [0.2, 0.25) is 0 Å². The number of ether oxygens (including phenoxy) is 2. The van der Waals surface area contributed by atoms with E-state index in [-0.39, 0.29) is 43.2 Å². The van der Waals surface area contributed by atoms with Gasteiger partial charge in [-0.1, -0.05) is 45.2 Å². The van der Waals surface area contributed by atoms with Crippen molar-refractivity contribution in [2.24, 2.45) is 17.3 Å². The molecule has 1 unspecified atom stereocenters. The van der Waals surface area contributed by atoms with Crippen LogP contribution in [-0.4, -0.2) is 106 Å². The number of benzene rings is 1. The minimum atomic E-state index is -1.21. The summed E-state index contributed by atoms with van der Waals surface area (Å²) >= 11 is 0. The highest BCUT2D eigenvalue weighted by atomic mass is 19.1. The zero-order valence-electron chi connectivity index (χ0n) is 35.8. The van der Waals surface area contributed by atoms with E-state index in [2.05, 4.69) is 10.6 Å². The van der Waals surface area contributed by atoms with Gasteiger partial charge in [0.1, 0.15) is 29.1 Å². The molecule has 0 bridgehead atoms. The number of halogens is 1. The third-order valence-corrected chi connectivity index (χ3v) is 11.1. The minimum absolute atomic E-state index is 0.00644. The van der Waals surface area contributed by atoms with Gasteiger partial charge < -0.3 is 29.9 Å². The third kappa shape index (κ3) is 11.8. The largest absolute Gasteiger partial charge is 0.444 e. The second kappa shape index (κ2) is 17.7. The topological polar surface area (TPSA) is 138 Å². The van der Waals surface area contributed by atoms with Crippen molar-refractivity contribution < 1.29 is 37.8 Å². The molecule has 1 saturated carbocycles. The van der Waals surface area contributed by atoms with Crippen LogP contribution >= 0.6 is 0 Å². The molecule has 1 aromatic rings. The van der Waals surface area contributed by atoms with Crippen molar-refractivity contribution in [3.05, 3.63) is 35.6 Å². The molecule has 4 rings (SSSR count). The van der Waals surface area contributed by atoms with Crippen molar-refractivity contribution in [2.45, 2.75) is 162 Å². The highest BCUT2D eigenvalue weighted by Gasteiger charge is 2.50. The molecule has 2 heterocycles. The number of hydrogen-bond donors (Lipinski definition) is 2. The summed E-state index contributed by atoms with van der Waals surface area (Å²) in [6.07, 6.45) is 5.00. The molecule has 0 radical (unpaired) electrons. The zero-order chi connectivity index (χ0) is 41.8. The normalized spacial score (nSPS) is 21.6. The molecule has 3 fully saturated rings. The van der Waals surface area contributed by atoms with Crippen LogP contribution in [-0.2, 0) is 30.3 Å². The van der Waals surface area contributed by atoms with Crippen LogP contribution in [0, 0.1) is 23.1 Å². The van der Waals surface area contributed by atoms with Crippen LogP contribution < -0.4 is 10.6 Å². The van der Waals surface area contributed by atoms with Crippen molar-refractivity contribution in [1.82, 2.24) is 25.3 Å². The van der Waals surface area contributed by atoms with Crippen molar-refractivity contribution >= 4 is 29.9 Å². The van der Waals surface area contributed by atoms with Gasteiger partial charge in [0.25, 0.3) is 0 Å². The van der Waals surface area contributed by atoms with Crippen LogP contribution in [0.25, 0.3) is 0 Å². The molecule has 3 atom stereocenters. The van der Waals surface area contributed by atoms with Crippen LogP contribution in [0.3, 0.4) is 0 Å². The standard InChI is InChI=1S/C43H68FN5O7/c1-28(2)33-26-49(39(54)56-42(9,10)11)34(27-48(33)38(53)55-41(6,7)8)35(50)45-32(25-29-17-19-31(44)20-18-29)36(51)47-23-21-43(22-24-47,30-15-13-12-14-16-30)37(52)46-40(3,4)5/h17-20,28,30,32-34H,12-16,21-27H2,1-11H3,(H,45,50)(H,46,52)/t32-,33?,34-/m1/s1. The molecule has 13 heteroatoms. The number of piperidine rings is 1. The van der Waals surface area contributed by atoms with Crippen LogP contribution in [0.4, 0.5) is 14.0 Å². The highest BCUT2D eigenvalue weighted by Crippen LogP contribution is 2.46. The van der Waals surface area contributed by atoms with E-state index in [9.17, 15) is 28.4 Å². The van der Waals surface area contributed by atoms with Crippen LogP contribution in [0.5, 0.6) is 0 Å². The molecular formula is C43H68FN5O7. The molecule has 12 nitrogen and oxygen atoms in total. The highest BCUT2D eigenvalue weighted by molar-refractivity contribution is 5.92. The summed E-state index contributed by atoms with van der Waals surface area (Å²) < 4.78 is 25.5. The molecule has 5 amide bonds. The molecule has 2 aliphatic heterocycles. The van der Waals surface area contributed by atoms with Gasteiger partial charge in [0.2, 0.25) is 17.7 Å². The number of nitrogens with zero attached hydrogens (tertiary/aromatic N) is 3. The van der Waals surface area contributed by atoms with E-state index in [0.717, 1.165) is 32.1 Å². The summed E-state index contributed by atoms with van der Waals surface area (Å²) in [5, 5.41) is 6.20. The summed E-state index contributed by atoms with van der Waals surface area (Å²) in [5.41, 5.74) is -2.04. The lowest BCUT2D eigenvalue weighted by molar-refractivity contribution is -0.148. The number of carbonyl (C=O) groups excluding carboxylic acids is 5. The quantitative estimate of drug-likeness (QED) is 0.295. The van der Waals surface area contributed by atoms with Gasteiger partial charge in [0, 0.05) is 31.6 Å². The predicted octanol–water partition coefficient (Wildman–Crippen LogP) is 6.84. The zero-order valence-corrected chi connectivity index (χ0v) is 35.8. The van der Waals surface area contributed by atoms with Crippen molar-refractivity contribution in [1.29, 1.82) is 0 Å². The fraction of sp³-hybridized carbons (Fsp3) is 0.744. The molecule has 2 N–H and O–H groups in total. The lowest BCUT2D eigenvalue weighted by Gasteiger charge is -2.48. The van der Waals surface area contributed by atoms with E-state index < -0.39 is 64.2 Å². The molecule has 1 aromatic carbocycles. The lowest BCUT2D eigenvalue weighted by atomic mass is 9.63. The average Bonchev–Trinajstić information content (AvgIpc) is 3.09. The maximum atomic E-state index is 14.6. The average molecular weight is 786 g/mol. The fourth-order valence-corrected chi connectivity index (χ4v) is 8.31. The summed E-state index contributed by atoms with van der Waals surface area (Å²) in [4.78, 5) is 75.1. The summed E-state index contributed by atoms with van der Waals surface area (Å²) in [6.45, 7) is 20.8. The molecule has 0 spiro atoms. The number of hydrogen-bond acceptors (Lipinski definition) is 7. The molecule has 56 heavy (non-hydrogen) atoms. The number of amides is 5. The van der Waals surface area contributed by atoms with Crippen LogP contribution in [0.1, 0.15) is 127 Å². The maximum Gasteiger partial charge on any atom is 0.411 e. The second-order valence-corrected chi connectivity index (χ2v) is 19.5. The predicted molar refractivity (Wildman–Crippen MR) is 213 cm³/mol. The van der Waals surface area contributed by atoms with Crippen molar-refractivity contribution in [3.63, 3.8) is 0 Å². The van der Waals surface area contributed by atoms with Gasteiger partial charge in [0.15, 0.2) is 0 Å². The van der Waals surface area contributed by atoms with E-state index in [1.807, 2.05) is 34.6 Å². The maximum absolute atomic E-state index is 14.6. The Labute approximate surface area is 333 Å². The first-order valence-electron chi connectivity index (χ1n) is 20.5. The molecule has 1 aliphatic carbocycles. The smallest absolute Gasteiger partial charge is 0.411 e. The van der Waals surface area contributed by atoms with E-state index in [1.165, 1.54) is 21.9 Å². The first kappa shape index (κ1) is 44.8. The molecular weight excluding hydrogens is 717 g/mol. The Morgan fingerprint density at radius 3 is 1.84 bits per heavy atom. The van der Waals surface area contributed by atoms with Crippen LogP contribution in [0.15, 0.2) is 24.3 Å². The van der Waals surface area contributed by atoms with Crippen molar-refractivity contribution in [3.8, 4) is 0 Å². The Kier molecular flexibility index (Phi) is 14.2. The Hall–Kier alpha value is -3.90. The molecule has 0 aromatic heterocycles. The number of carbonyl (C=O) groups is 5. The fourth-order valence-electron chi connectivity index (χ4n) is 8.31.